The number of piperidine rings is 6. The van der Waals surface area contributed by atoms with Crippen molar-refractivity contribution in [1.82, 2.24) is 44.6 Å². The number of hydrogen-bond donors (Lipinski definition) is 3. The Morgan fingerprint density at radius 2 is 0.835 bits per heavy atom. The number of carbonyl (C=O) groups is 2. The average molecular weight is 1300 g/mol. The first-order valence-corrected chi connectivity index (χ1v) is 33.5. The minimum atomic E-state index is -1.50. The molecular weight excluding hydrogens is 1220 g/mol. The molecule has 20 nitrogen and oxygen atoms in total. The van der Waals surface area contributed by atoms with Gasteiger partial charge in [0.2, 0.25) is 16.9 Å². The number of hydrogen-bond acceptors (Lipinski definition) is 20. The van der Waals surface area contributed by atoms with Gasteiger partial charge in [-0.2, -0.15) is 15.0 Å². The first kappa shape index (κ1) is 63.7. The third-order valence-electron chi connectivity index (χ3n) is 18.7. The number of fused-ring (bicyclic) bond motifs is 3. The Hall–Kier alpha value is -7.44. The van der Waals surface area contributed by atoms with Gasteiger partial charge in [-0.1, -0.05) is 79.9 Å². The lowest BCUT2D eigenvalue weighted by Crippen LogP contribution is -2.46. The van der Waals surface area contributed by atoms with Gasteiger partial charge in [-0.05, 0) is 179 Å². The molecule has 6 aromatic heterocycles. The molecule has 6 saturated heterocycles. The van der Waals surface area contributed by atoms with E-state index >= 15 is 0 Å². The maximum absolute atomic E-state index is 11.1. The van der Waals surface area contributed by atoms with Crippen LogP contribution in [0.2, 0.25) is 0 Å². The first-order valence-electron chi connectivity index (χ1n) is 32.7. The number of aliphatic hydroxyl groups excluding tert-OH is 1. The van der Waals surface area contributed by atoms with E-state index < -0.39 is 7.12 Å². The second-order valence-corrected chi connectivity index (χ2v) is 25.7. The van der Waals surface area contributed by atoms with E-state index in [1.54, 1.807) is 30.6 Å². The van der Waals surface area contributed by atoms with Gasteiger partial charge in [-0.3, -0.25) is 9.59 Å². The van der Waals surface area contributed by atoms with Crippen molar-refractivity contribution in [1.29, 1.82) is 0 Å². The number of aromatic nitrogens is 6. The number of pyridine rings is 3. The standard InChI is InChI=1S/C23H28N4O2.C23H26N4O2.C16H21BrN4O.C7H7BO3/c2*28-16-17-5-4-6-18(13-17)19-14-21-22(24-15-19)25-23(29-21)27-11-7-20(8-12-27)26-9-2-1-3-10-26;17-12-10-14-15(18-11-12)19-16(22-14)21-8-4-13(5-9-21)20-6-2-1-3-7-20;9-5-6-2-1-3-7(4-6)8(10)11/h4-6,13-15,20,28H,1-3,7-12,16H2;4-6,13-16,20H,1-3,7-12H2;10-11,13H,1-9H2;1-5,10-11H. The second kappa shape index (κ2) is 30.8. The van der Waals surface area contributed by atoms with Crippen LogP contribution in [0.3, 0.4) is 0 Å². The van der Waals surface area contributed by atoms with Crippen molar-refractivity contribution < 1.29 is 38.0 Å². The molecule has 0 radical (unpaired) electrons. The predicted molar refractivity (Wildman–Crippen MR) is 359 cm³/mol. The van der Waals surface area contributed by atoms with Crippen molar-refractivity contribution in [3.8, 4) is 22.3 Å². The van der Waals surface area contributed by atoms with Gasteiger partial charge >= 0.3 is 7.12 Å². The van der Waals surface area contributed by atoms with E-state index in [9.17, 15) is 14.7 Å². The average Bonchev–Trinajstić information content (AvgIpc) is 1.91. The smallest absolute Gasteiger partial charge is 0.423 e. The minimum absolute atomic E-state index is 0.0311. The number of nitrogens with zero attached hydrogens (tertiary/aromatic N) is 12. The molecule has 3 aromatic carbocycles. The van der Waals surface area contributed by atoms with E-state index in [1.807, 2.05) is 66.9 Å². The highest BCUT2D eigenvalue weighted by atomic mass is 79.9. The molecule has 0 atom stereocenters. The van der Waals surface area contributed by atoms with Gasteiger partial charge in [0.25, 0.3) is 18.0 Å². The van der Waals surface area contributed by atoms with E-state index in [0.717, 1.165) is 108 Å². The molecule has 476 valence electrons. The Bertz CT molecular complexity index is 3820. The summed E-state index contributed by atoms with van der Waals surface area (Å²) >= 11 is 3.42. The Morgan fingerprint density at radius 3 is 1.25 bits per heavy atom. The molecule has 22 heteroatoms. The van der Waals surface area contributed by atoms with Gasteiger partial charge in [0.15, 0.2) is 16.7 Å². The molecule has 9 aromatic rings. The lowest BCUT2D eigenvalue weighted by atomic mass is 9.80. The number of benzene rings is 3. The summed E-state index contributed by atoms with van der Waals surface area (Å²) in [4.78, 5) is 63.2. The summed E-state index contributed by atoms with van der Waals surface area (Å²) in [6.07, 6.45) is 26.3. The van der Waals surface area contributed by atoms with Crippen LogP contribution >= 0.6 is 15.9 Å². The maximum Gasteiger partial charge on any atom is 0.488 e. The topological polar surface area (TPSA) is 231 Å². The highest BCUT2D eigenvalue weighted by Gasteiger charge is 2.31. The monoisotopic (exact) mass is 1300 g/mol. The van der Waals surface area contributed by atoms with Gasteiger partial charge in [0, 0.05) is 109 Å². The number of aliphatic hydroxyl groups is 1. The first-order chi connectivity index (χ1) is 44.6. The quantitative estimate of drug-likeness (QED) is 0.0762. The van der Waals surface area contributed by atoms with Gasteiger partial charge in [-0.25, -0.2) is 15.0 Å². The third-order valence-corrected chi connectivity index (χ3v) is 19.2. The number of aldehydes is 2. The highest BCUT2D eigenvalue weighted by Crippen LogP contribution is 2.33. The Balaban J connectivity index is 0.000000123. The molecule has 6 fully saturated rings. The van der Waals surface area contributed by atoms with Crippen LogP contribution in [-0.4, -0.2) is 176 Å². The molecule has 0 aliphatic carbocycles. The predicted octanol–water partition coefficient (Wildman–Crippen LogP) is 10.6. The van der Waals surface area contributed by atoms with Crippen LogP contribution in [0.25, 0.3) is 55.9 Å². The Labute approximate surface area is 540 Å². The zero-order valence-corrected chi connectivity index (χ0v) is 53.4. The van der Waals surface area contributed by atoms with E-state index in [2.05, 4.69) is 75.2 Å². The summed E-state index contributed by atoms with van der Waals surface area (Å²) in [7, 11) is -1.50. The fourth-order valence-corrected chi connectivity index (χ4v) is 14.0. The van der Waals surface area contributed by atoms with E-state index in [-0.39, 0.29) is 6.61 Å². The molecule has 0 bridgehead atoms. The molecule has 6 aliphatic rings. The number of rotatable bonds is 12. The summed E-state index contributed by atoms with van der Waals surface area (Å²) in [5, 5.41) is 26.7. The van der Waals surface area contributed by atoms with Crippen LogP contribution in [-0.2, 0) is 6.61 Å². The van der Waals surface area contributed by atoms with Gasteiger partial charge in [0.1, 0.15) is 12.6 Å². The molecule has 3 N–H and O–H groups in total. The van der Waals surface area contributed by atoms with Crippen molar-refractivity contribution in [2.75, 3.05) is 93.2 Å². The molecule has 0 unspecified atom stereocenters. The summed E-state index contributed by atoms with van der Waals surface area (Å²) in [5.74, 6) is 0. The molecule has 0 spiro atoms. The molecule has 12 heterocycles. The van der Waals surface area contributed by atoms with Gasteiger partial charge in [-0.15, -0.1) is 0 Å². The zero-order chi connectivity index (χ0) is 62.5. The molecule has 0 amide bonds. The Morgan fingerprint density at radius 1 is 0.451 bits per heavy atom. The maximum atomic E-state index is 11.1. The Kier molecular flexibility index (Phi) is 21.6. The SMILES string of the molecule is Brc1cnc2nc(N3CCC(N4CCCCC4)CC3)oc2c1.O=Cc1cccc(-c2cnc3nc(N4CCC(N5CCCCC5)CC4)oc3c2)c1.O=Cc1cccc(B(O)O)c1.OCc1cccc(-c2cnc3nc(N4CCC(N5CCCCC5)CC4)oc3c2)c1. The van der Waals surface area contributed by atoms with Crippen LogP contribution in [0.1, 0.15) is 123 Å². The highest BCUT2D eigenvalue weighted by molar-refractivity contribution is 9.10. The van der Waals surface area contributed by atoms with Crippen molar-refractivity contribution >= 4 is 92.8 Å². The molecule has 91 heavy (non-hydrogen) atoms. The van der Waals surface area contributed by atoms with Crippen LogP contribution in [0, 0.1) is 0 Å². The largest absolute Gasteiger partial charge is 0.488 e. The number of likely N-dealkylation sites (tertiary alicyclic amines) is 3. The van der Waals surface area contributed by atoms with Gasteiger partial charge < -0.3 is 57.8 Å². The van der Waals surface area contributed by atoms with Crippen molar-refractivity contribution in [2.24, 2.45) is 0 Å². The minimum Gasteiger partial charge on any atom is -0.423 e. The summed E-state index contributed by atoms with van der Waals surface area (Å²) in [6, 6.07) is 31.6. The van der Waals surface area contributed by atoms with Crippen molar-refractivity contribution in [2.45, 2.75) is 121 Å². The van der Waals surface area contributed by atoms with E-state index in [1.165, 1.54) is 135 Å². The second-order valence-electron chi connectivity index (χ2n) is 24.8. The van der Waals surface area contributed by atoms with Crippen molar-refractivity contribution in [3.63, 3.8) is 0 Å². The van der Waals surface area contributed by atoms with Crippen LogP contribution < -0.4 is 20.2 Å². The van der Waals surface area contributed by atoms with Gasteiger partial charge in [0.05, 0.1) is 6.61 Å². The zero-order valence-electron chi connectivity index (χ0n) is 51.8. The summed E-state index contributed by atoms with van der Waals surface area (Å²) < 4.78 is 19.0. The molecule has 0 saturated carbocycles. The summed E-state index contributed by atoms with van der Waals surface area (Å²) in [5.41, 5.74) is 10.3. The number of oxazole rings is 3. The lowest BCUT2D eigenvalue weighted by Gasteiger charge is -2.39. The molecule has 15 rings (SSSR count). The lowest BCUT2D eigenvalue weighted by molar-refractivity contribution is 0.111. The fourth-order valence-electron chi connectivity index (χ4n) is 13.7. The van der Waals surface area contributed by atoms with E-state index in [4.69, 9.17) is 23.3 Å². The van der Waals surface area contributed by atoms with Crippen LogP contribution in [0.15, 0.2) is 127 Å². The number of carbonyl (C=O) groups excluding carboxylic acids is 2. The molecular formula is C69H82BBrN12O8. The number of halogens is 1. The fraction of sp³-hybridized carbons (Fsp3) is 0.449. The normalized spacial score (nSPS) is 18.5. The van der Waals surface area contributed by atoms with Crippen LogP contribution in [0.4, 0.5) is 18.0 Å². The summed E-state index contributed by atoms with van der Waals surface area (Å²) in [6.45, 7) is 13.6. The van der Waals surface area contributed by atoms with Crippen LogP contribution in [0.5, 0.6) is 0 Å². The third kappa shape index (κ3) is 16.3. The van der Waals surface area contributed by atoms with Crippen molar-refractivity contribution in [3.05, 3.63) is 131 Å². The van der Waals surface area contributed by atoms with E-state index in [0.29, 0.717) is 75.1 Å². The number of anilines is 3. The molecule has 6 aliphatic heterocycles.